The van der Waals surface area contributed by atoms with E-state index in [1.165, 1.54) is 12.4 Å². The highest BCUT2D eigenvalue weighted by molar-refractivity contribution is 6.30. The predicted octanol–water partition coefficient (Wildman–Crippen LogP) is 3.37. The summed E-state index contributed by atoms with van der Waals surface area (Å²) in [6.07, 6.45) is 4.46. The van der Waals surface area contributed by atoms with Gasteiger partial charge in [-0.3, -0.25) is 4.98 Å². The van der Waals surface area contributed by atoms with Crippen molar-refractivity contribution in [2.24, 2.45) is 0 Å². The van der Waals surface area contributed by atoms with E-state index < -0.39 is 5.82 Å². The van der Waals surface area contributed by atoms with Crippen LogP contribution in [0.1, 0.15) is 5.56 Å². The van der Waals surface area contributed by atoms with Crippen LogP contribution in [0.2, 0.25) is 5.02 Å². The van der Waals surface area contributed by atoms with E-state index in [4.69, 9.17) is 16.3 Å². The average Bonchev–Trinajstić information content (AvgIpc) is 2.25. The molecular formula is C11H8ClFN2O. The van der Waals surface area contributed by atoms with Crippen LogP contribution in [0.25, 0.3) is 0 Å². The molecule has 0 saturated carbocycles. The Bertz CT molecular complexity index is 519. The number of ether oxygens (including phenoxy) is 1. The number of nitrogens with zero attached hydrogens (tertiary/aromatic N) is 2. The largest absolute Gasteiger partial charge is 0.435 e. The van der Waals surface area contributed by atoms with Gasteiger partial charge in [0.1, 0.15) is 0 Å². The van der Waals surface area contributed by atoms with Gasteiger partial charge in [0.25, 0.3) is 5.88 Å². The summed E-state index contributed by atoms with van der Waals surface area (Å²) in [5, 5.41) is 0.229. The van der Waals surface area contributed by atoms with Gasteiger partial charge in [-0.2, -0.15) is 0 Å². The van der Waals surface area contributed by atoms with Gasteiger partial charge in [0.15, 0.2) is 11.6 Å². The maximum absolute atomic E-state index is 13.4. The number of aryl methyl sites for hydroxylation is 1. The van der Waals surface area contributed by atoms with Crippen LogP contribution in [0.4, 0.5) is 4.39 Å². The number of hydrogen-bond donors (Lipinski definition) is 0. The molecule has 3 nitrogen and oxygen atoms in total. The van der Waals surface area contributed by atoms with Gasteiger partial charge >= 0.3 is 0 Å². The van der Waals surface area contributed by atoms with E-state index >= 15 is 0 Å². The summed E-state index contributed by atoms with van der Waals surface area (Å²) in [6.45, 7) is 1.84. The normalized spacial score (nSPS) is 10.2. The molecule has 0 aliphatic heterocycles. The number of aromatic nitrogens is 2. The first-order valence-corrected chi connectivity index (χ1v) is 4.94. The molecule has 0 fully saturated rings. The molecule has 0 unspecified atom stereocenters. The van der Waals surface area contributed by atoms with Crippen molar-refractivity contribution < 1.29 is 9.13 Å². The maximum atomic E-state index is 13.4. The number of hydrogen-bond acceptors (Lipinski definition) is 3. The highest BCUT2D eigenvalue weighted by atomic mass is 35.5. The SMILES string of the molecule is Cc1ccncc1Oc1ncc(Cl)cc1F. The Kier molecular flexibility index (Phi) is 3.01. The summed E-state index contributed by atoms with van der Waals surface area (Å²) < 4.78 is 18.7. The second kappa shape index (κ2) is 4.45. The molecule has 0 atom stereocenters. The van der Waals surface area contributed by atoms with Crippen LogP contribution in [-0.2, 0) is 0 Å². The number of pyridine rings is 2. The average molecular weight is 239 g/mol. The topological polar surface area (TPSA) is 35.0 Å². The van der Waals surface area contributed by atoms with Gasteiger partial charge < -0.3 is 4.74 Å². The lowest BCUT2D eigenvalue weighted by Gasteiger charge is -2.07. The summed E-state index contributed by atoms with van der Waals surface area (Å²) in [6, 6.07) is 2.92. The third kappa shape index (κ3) is 2.28. The lowest BCUT2D eigenvalue weighted by molar-refractivity contribution is 0.418. The van der Waals surface area contributed by atoms with Crippen LogP contribution in [0.5, 0.6) is 11.6 Å². The first-order chi connectivity index (χ1) is 7.66. The van der Waals surface area contributed by atoms with E-state index in [1.54, 1.807) is 12.3 Å². The molecule has 5 heteroatoms. The van der Waals surface area contributed by atoms with Gasteiger partial charge in [-0.1, -0.05) is 11.6 Å². The zero-order valence-electron chi connectivity index (χ0n) is 8.45. The zero-order chi connectivity index (χ0) is 11.5. The fourth-order valence-electron chi connectivity index (χ4n) is 1.14. The Hall–Kier alpha value is -1.68. The highest BCUT2D eigenvalue weighted by Crippen LogP contribution is 2.25. The molecule has 0 aromatic carbocycles. The van der Waals surface area contributed by atoms with E-state index in [0.29, 0.717) is 5.75 Å². The minimum absolute atomic E-state index is 0.111. The molecule has 2 aromatic heterocycles. The molecule has 2 heterocycles. The molecule has 0 saturated heterocycles. The van der Waals surface area contributed by atoms with Gasteiger partial charge in [0, 0.05) is 12.4 Å². The van der Waals surface area contributed by atoms with E-state index in [2.05, 4.69) is 9.97 Å². The Morgan fingerprint density at radius 2 is 2.19 bits per heavy atom. The zero-order valence-corrected chi connectivity index (χ0v) is 9.20. The van der Waals surface area contributed by atoms with Crippen LogP contribution in [0.3, 0.4) is 0 Å². The number of rotatable bonds is 2. The second-order valence-corrected chi connectivity index (χ2v) is 3.62. The van der Waals surface area contributed by atoms with Crippen molar-refractivity contribution in [3.63, 3.8) is 0 Å². The van der Waals surface area contributed by atoms with Gasteiger partial charge in [-0.05, 0) is 24.6 Å². The molecular weight excluding hydrogens is 231 g/mol. The Morgan fingerprint density at radius 3 is 2.88 bits per heavy atom. The fourth-order valence-corrected chi connectivity index (χ4v) is 1.28. The monoisotopic (exact) mass is 238 g/mol. The quantitative estimate of drug-likeness (QED) is 0.805. The summed E-state index contributed by atoms with van der Waals surface area (Å²) in [5.74, 6) is -0.243. The van der Waals surface area contributed by atoms with Gasteiger partial charge in [-0.15, -0.1) is 0 Å². The second-order valence-electron chi connectivity index (χ2n) is 3.18. The minimum atomic E-state index is -0.601. The molecule has 2 rings (SSSR count). The van der Waals surface area contributed by atoms with E-state index in [-0.39, 0.29) is 10.9 Å². The molecule has 0 bridgehead atoms. The smallest absolute Gasteiger partial charge is 0.256 e. The number of halogens is 2. The van der Waals surface area contributed by atoms with Gasteiger partial charge in [0.2, 0.25) is 0 Å². The Morgan fingerprint density at radius 1 is 1.38 bits per heavy atom. The summed E-state index contributed by atoms with van der Waals surface area (Å²) in [4.78, 5) is 7.64. The van der Waals surface area contributed by atoms with Crippen molar-refractivity contribution in [2.75, 3.05) is 0 Å². The van der Waals surface area contributed by atoms with Crippen molar-refractivity contribution in [3.8, 4) is 11.6 Å². The van der Waals surface area contributed by atoms with E-state index in [0.717, 1.165) is 11.6 Å². The highest BCUT2D eigenvalue weighted by Gasteiger charge is 2.08. The predicted molar refractivity (Wildman–Crippen MR) is 58.3 cm³/mol. The first-order valence-electron chi connectivity index (χ1n) is 4.56. The molecule has 0 amide bonds. The Balaban J connectivity index is 2.31. The third-order valence-electron chi connectivity index (χ3n) is 1.97. The third-order valence-corrected chi connectivity index (χ3v) is 2.18. The van der Waals surface area contributed by atoms with Crippen LogP contribution in [0, 0.1) is 12.7 Å². The lowest BCUT2D eigenvalue weighted by Crippen LogP contribution is -1.94. The van der Waals surface area contributed by atoms with E-state index in [1.807, 2.05) is 6.92 Å². The molecule has 0 aliphatic carbocycles. The summed E-state index contributed by atoms with van der Waals surface area (Å²) >= 11 is 5.58. The molecule has 0 radical (unpaired) electrons. The van der Waals surface area contributed by atoms with Crippen LogP contribution >= 0.6 is 11.6 Å². The minimum Gasteiger partial charge on any atom is -0.435 e. The molecule has 16 heavy (non-hydrogen) atoms. The first kappa shape index (κ1) is 10.8. The van der Waals surface area contributed by atoms with Crippen LogP contribution in [-0.4, -0.2) is 9.97 Å². The van der Waals surface area contributed by atoms with Gasteiger partial charge in [0.05, 0.1) is 11.2 Å². The van der Waals surface area contributed by atoms with E-state index in [9.17, 15) is 4.39 Å². The van der Waals surface area contributed by atoms with Crippen molar-refractivity contribution in [2.45, 2.75) is 6.92 Å². The molecule has 0 aliphatic rings. The van der Waals surface area contributed by atoms with Crippen LogP contribution < -0.4 is 4.74 Å². The lowest BCUT2D eigenvalue weighted by atomic mass is 10.3. The van der Waals surface area contributed by atoms with Crippen molar-refractivity contribution in [3.05, 3.63) is 47.1 Å². The van der Waals surface area contributed by atoms with Crippen molar-refractivity contribution >= 4 is 11.6 Å². The molecule has 82 valence electrons. The van der Waals surface area contributed by atoms with Crippen molar-refractivity contribution in [1.29, 1.82) is 0 Å². The molecule has 0 N–H and O–H groups in total. The molecule has 2 aromatic rings. The van der Waals surface area contributed by atoms with Gasteiger partial charge in [-0.25, -0.2) is 9.37 Å². The summed E-state index contributed by atoms with van der Waals surface area (Å²) in [5.41, 5.74) is 0.853. The van der Waals surface area contributed by atoms with Crippen LogP contribution in [0.15, 0.2) is 30.7 Å². The maximum Gasteiger partial charge on any atom is 0.256 e. The van der Waals surface area contributed by atoms with Crippen molar-refractivity contribution in [1.82, 2.24) is 9.97 Å². The standard InChI is InChI=1S/C11H8ClFN2O/c1-7-2-3-14-6-10(7)16-11-9(13)4-8(12)5-15-11/h2-6H,1H3. The Labute approximate surface area is 96.9 Å². The molecule has 0 spiro atoms. The fraction of sp³-hybridized carbons (Fsp3) is 0.0909. The summed E-state index contributed by atoms with van der Waals surface area (Å²) in [7, 11) is 0.